The average Bonchev–Trinajstić information content (AvgIpc) is 3.51. The Morgan fingerprint density at radius 3 is 2.78 bits per heavy atom. The third kappa shape index (κ3) is 3.94. The Labute approximate surface area is 192 Å². The number of pyridine rings is 1. The second-order valence-corrected chi connectivity index (χ2v) is 9.35. The number of nitrogens with one attached hydrogen (secondary N) is 1. The van der Waals surface area contributed by atoms with E-state index < -0.39 is 0 Å². The van der Waals surface area contributed by atoms with Crippen molar-refractivity contribution in [1.29, 1.82) is 0 Å². The number of aromatic nitrogens is 3. The van der Waals surface area contributed by atoms with Gasteiger partial charge in [-0.3, -0.25) is 4.79 Å². The predicted octanol–water partition coefficient (Wildman–Crippen LogP) is 6.12. The number of fused-ring (bicyclic) bond motifs is 1. The molecule has 0 unspecified atom stereocenters. The van der Waals surface area contributed by atoms with E-state index in [4.69, 9.17) is 4.98 Å². The van der Waals surface area contributed by atoms with E-state index in [1.165, 1.54) is 17.4 Å². The zero-order chi connectivity index (χ0) is 22.2. The summed E-state index contributed by atoms with van der Waals surface area (Å²) in [7, 11) is 0. The van der Waals surface area contributed by atoms with Crippen LogP contribution in [0.2, 0.25) is 0 Å². The summed E-state index contributed by atoms with van der Waals surface area (Å²) in [4.78, 5) is 23.3. The molecule has 5 aromatic rings. The summed E-state index contributed by atoms with van der Waals surface area (Å²) in [6, 6.07) is 12.8. The van der Waals surface area contributed by atoms with Crippen molar-refractivity contribution >= 4 is 39.4 Å². The van der Waals surface area contributed by atoms with Crippen LogP contribution in [0.15, 0.2) is 59.4 Å². The van der Waals surface area contributed by atoms with Gasteiger partial charge in [0.15, 0.2) is 5.13 Å². The summed E-state index contributed by atoms with van der Waals surface area (Å²) in [5.74, 6) is -0.446. The maximum Gasteiger partial charge on any atom is 0.232 e. The molecule has 0 bridgehead atoms. The smallest absolute Gasteiger partial charge is 0.232 e. The highest BCUT2D eigenvalue weighted by atomic mass is 32.1. The van der Waals surface area contributed by atoms with Crippen LogP contribution in [0.25, 0.3) is 27.5 Å². The SMILES string of the molecule is Cc1ccc2nc(-c3ccc(F)c(C)c3)c(CC(=O)Nc3nc(-c4cccs4)cs3)n2c1. The number of hydrogen-bond donors (Lipinski definition) is 1. The van der Waals surface area contributed by atoms with Gasteiger partial charge in [0.1, 0.15) is 11.5 Å². The van der Waals surface area contributed by atoms with E-state index in [1.54, 1.807) is 30.4 Å². The zero-order valence-electron chi connectivity index (χ0n) is 17.4. The molecule has 0 saturated carbocycles. The number of carbonyl (C=O) groups is 1. The summed E-state index contributed by atoms with van der Waals surface area (Å²) in [5.41, 5.74) is 5.39. The van der Waals surface area contributed by atoms with Crippen molar-refractivity contribution in [2.75, 3.05) is 5.32 Å². The van der Waals surface area contributed by atoms with Crippen LogP contribution in [0.5, 0.6) is 0 Å². The number of rotatable bonds is 5. The Morgan fingerprint density at radius 2 is 2.00 bits per heavy atom. The zero-order valence-corrected chi connectivity index (χ0v) is 19.1. The number of nitrogens with zero attached hydrogens (tertiary/aromatic N) is 3. The van der Waals surface area contributed by atoms with Gasteiger partial charge in [-0.05, 0) is 60.7 Å². The molecule has 1 aromatic carbocycles. The third-order valence-corrected chi connectivity index (χ3v) is 6.80. The van der Waals surface area contributed by atoms with E-state index in [1.807, 2.05) is 52.5 Å². The van der Waals surface area contributed by atoms with Crippen molar-refractivity contribution in [1.82, 2.24) is 14.4 Å². The molecule has 0 radical (unpaired) electrons. The van der Waals surface area contributed by atoms with Gasteiger partial charge in [0.05, 0.1) is 28.4 Å². The van der Waals surface area contributed by atoms with Gasteiger partial charge >= 0.3 is 0 Å². The van der Waals surface area contributed by atoms with E-state index in [2.05, 4.69) is 10.3 Å². The lowest BCUT2D eigenvalue weighted by Gasteiger charge is -2.07. The number of benzene rings is 1. The molecule has 8 heteroatoms. The van der Waals surface area contributed by atoms with Crippen LogP contribution in [-0.2, 0) is 11.2 Å². The van der Waals surface area contributed by atoms with Gasteiger partial charge in [0.25, 0.3) is 0 Å². The van der Waals surface area contributed by atoms with Crippen LogP contribution in [0.4, 0.5) is 9.52 Å². The van der Waals surface area contributed by atoms with Crippen molar-refractivity contribution < 1.29 is 9.18 Å². The molecule has 5 nitrogen and oxygen atoms in total. The minimum absolute atomic E-state index is 0.115. The van der Waals surface area contributed by atoms with E-state index >= 15 is 0 Å². The highest BCUT2D eigenvalue weighted by Gasteiger charge is 2.19. The van der Waals surface area contributed by atoms with E-state index in [9.17, 15) is 9.18 Å². The van der Waals surface area contributed by atoms with Crippen LogP contribution in [0.3, 0.4) is 0 Å². The van der Waals surface area contributed by atoms with E-state index in [-0.39, 0.29) is 18.1 Å². The van der Waals surface area contributed by atoms with Gasteiger partial charge in [-0.25, -0.2) is 14.4 Å². The predicted molar refractivity (Wildman–Crippen MR) is 128 cm³/mol. The molecule has 5 rings (SSSR count). The molecule has 0 aliphatic carbocycles. The topological polar surface area (TPSA) is 59.3 Å². The molecule has 1 amide bonds. The second-order valence-electron chi connectivity index (χ2n) is 7.55. The van der Waals surface area contributed by atoms with Gasteiger partial charge in [0, 0.05) is 17.1 Å². The molecule has 0 aliphatic rings. The number of halogens is 1. The van der Waals surface area contributed by atoms with Crippen molar-refractivity contribution in [2.45, 2.75) is 20.3 Å². The van der Waals surface area contributed by atoms with Crippen molar-refractivity contribution in [3.05, 3.63) is 82.1 Å². The molecule has 0 aliphatic heterocycles. The highest BCUT2D eigenvalue weighted by Crippen LogP contribution is 2.30. The standard InChI is InChI=1S/C24H19FN4OS2/c1-14-5-8-21-27-23(16-6-7-17(25)15(2)10-16)19(29(21)12-14)11-22(30)28-24-26-18(13-32-24)20-4-3-9-31-20/h3-10,12-13H,11H2,1-2H3,(H,26,28,30). The second kappa shape index (κ2) is 8.29. The number of thiophene rings is 1. The minimum atomic E-state index is -0.266. The van der Waals surface area contributed by atoms with Gasteiger partial charge in [-0.15, -0.1) is 22.7 Å². The van der Waals surface area contributed by atoms with Crippen LogP contribution >= 0.6 is 22.7 Å². The lowest BCUT2D eigenvalue weighted by atomic mass is 10.1. The van der Waals surface area contributed by atoms with E-state index in [0.29, 0.717) is 16.4 Å². The molecule has 0 atom stereocenters. The first-order valence-electron chi connectivity index (χ1n) is 10.0. The van der Waals surface area contributed by atoms with Crippen LogP contribution in [-0.4, -0.2) is 20.3 Å². The van der Waals surface area contributed by atoms with Crippen molar-refractivity contribution in [3.8, 4) is 21.8 Å². The summed E-state index contributed by atoms with van der Waals surface area (Å²) in [5, 5.41) is 7.41. The average molecular weight is 463 g/mol. The number of hydrogen-bond acceptors (Lipinski definition) is 5. The van der Waals surface area contributed by atoms with Crippen molar-refractivity contribution in [3.63, 3.8) is 0 Å². The number of thiazole rings is 1. The van der Waals surface area contributed by atoms with Crippen LogP contribution < -0.4 is 5.32 Å². The number of amides is 1. The molecule has 0 spiro atoms. The first kappa shape index (κ1) is 20.5. The first-order valence-corrected chi connectivity index (χ1v) is 11.8. The largest absolute Gasteiger partial charge is 0.303 e. The minimum Gasteiger partial charge on any atom is -0.303 e. The lowest BCUT2D eigenvalue weighted by molar-refractivity contribution is -0.115. The third-order valence-electron chi connectivity index (χ3n) is 5.15. The molecule has 160 valence electrons. The fourth-order valence-corrected chi connectivity index (χ4v) is 5.06. The highest BCUT2D eigenvalue weighted by molar-refractivity contribution is 7.16. The van der Waals surface area contributed by atoms with Gasteiger partial charge < -0.3 is 9.72 Å². The Kier molecular flexibility index (Phi) is 5.32. The first-order chi connectivity index (χ1) is 15.5. The number of anilines is 1. The summed E-state index contributed by atoms with van der Waals surface area (Å²) in [6.07, 6.45) is 2.08. The van der Waals surface area contributed by atoms with Crippen molar-refractivity contribution in [2.24, 2.45) is 0 Å². The fourth-order valence-electron chi connectivity index (χ4n) is 3.58. The maximum atomic E-state index is 13.8. The molecule has 1 N–H and O–H groups in total. The number of aryl methyl sites for hydroxylation is 2. The molecular formula is C24H19FN4OS2. The lowest BCUT2D eigenvalue weighted by Crippen LogP contribution is -2.16. The number of imidazole rings is 1. The molecule has 4 heterocycles. The molecule has 4 aromatic heterocycles. The Balaban J connectivity index is 1.48. The molecule has 0 fully saturated rings. The van der Waals surface area contributed by atoms with Crippen LogP contribution in [0.1, 0.15) is 16.8 Å². The fraction of sp³-hybridized carbons (Fsp3) is 0.125. The summed E-state index contributed by atoms with van der Waals surface area (Å²) < 4.78 is 15.8. The monoisotopic (exact) mass is 462 g/mol. The van der Waals surface area contributed by atoms with E-state index in [0.717, 1.165) is 33.0 Å². The van der Waals surface area contributed by atoms with Gasteiger partial charge in [0.2, 0.25) is 5.91 Å². The quantitative estimate of drug-likeness (QED) is 0.342. The van der Waals surface area contributed by atoms with Gasteiger partial charge in [-0.2, -0.15) is 0 Å². The number of carbonyl (C=O) groups excluding carboxylic acids is 1. The van der Waals surface area contributed by atoms with Gasteiger partial charge in [-0.1, -0.05) is 12.1 Å². The Morgan fingerprint density at radius 1 is 1.12 bits per heavy atom. The summed E-state index contributed by atoms with van der Waals surface area (Å²) >= 11 is 3.01. The Bertz CT molecular complexity index is 1440. The Hall–Kier alpha value is -3.36. The maximum absolute atomic E-state index is 13.8. The molecule has 32 heavy (non-hydrogen) atoms. The molecule has 0 saturated heterocycles. The summed E-state index contributed by atoms with van der Waals surface area (Å²) in [6.45, 7) is 3.71. The normalized spacial score (nSPS) is 11.2. The molecular weight excluding hydrogens is 443 g/mol. The van der Waals surface area contributed by atoms with Crippen LogP contribution in [0, 0.1) is 19.7 Å².